The molecule has 4 aromatic rings. The van der Waals surface area contributed by atoms with Crippen molar-refractivity contribution in [3.63, 3.8) is 0 Å². The van der Waals surface area contributed by atoms with Gasteiger partial charge in [0, 0.05) is 46.8 Å². The number of nitrogens with one attached hydrogen (secondary N) is 2. The topological polar surface area (TPSA) is 64.3 Å². The average molecular weight is 500 g/mol. The maximum Gasteiger partial charge on any atom is 0.259 e. The molecular weight excluding hydrogens is 470 g/mol. The summed E-state index contributed by atoms with van der Waals surface area (Å²) < 4.78 is 0. The molecule has 0 bridgehead atoms. The first-order chi connectivity index (χ1) is 17.4. The third-order valence-electron chi connectivity index (χ3n) is 7.69. The van der Waals surface area contributed by atoms with Crippen molar-refractivity contribution >= 4 is 39.8 Å². The second-order valence-corrected chi connectivity index (χ2v) is 10.6. The number of halogens is 1. The van der Waals surface area contributed by atoms with E-state index < -0.39 is 5.54 Å². The number of rotatable bonds is 4. The van der Waals surface area contributed by atoms with Gasteiger partial charge in [-0.1, -0.05) is 30.7 Å². The van der Waals surface area contributed by atoms with E-state index in [2.05, 4.69) is 71.3 Å². The van der Waals surface area contributed by atoms with Crippen molar-refractivity contribution in [2.75, 3.05) is 29.4 Å². The van der Waals surface area contributed by atoms with Crippen LogP contribution in [-0.2, 0) is 12.0 Å². The molecule has 1 amide bonds. The molecule has 2 aromatic heterocycles. The number of pyridine rings is 1. The maximum absolute atomic E-state index is 13.5. The average Bonchev–Trinajstić information content (AvgIpc) is 3.40. The van der Waals surface area contributed by atoms with Crippen molar-refractivity contribution in [1.29, 1.82) is 0 Å². The van der Waals surface area contributed by atoms with Crippen LogP contribution < -0.4 is 15.1 Å². The zero-order chi connectivity index (χ0) is 25.0. The highest BCUT2D eigenvalue weighted by Crippen LogP contribution is 2.43. The van der Waals surface area contributed by atoms with Crippen LogP contribution in [0.25, 0.3) is 10.9 Å². The Labute approximate surface area is 216 Å². The number of piperazine rings is 1. The first-order valence-electron chi connectivity index (χ1n) is 12.6. The van der Waals surface area contributed by atoms with Gasteiger partial charge in [-0.15, -0.1) is 0 Å². The van der Waals surface area contributed by atoms with Crippen LogP contribution in [0, 0.1) is 0 Å². The summed E-state index contributed by atoms with van der Waals surface area (Å²) in [7, 11) is 0. The van der Waals surface area contributed by atoms with Crippen LogP contribution in [0.5, 0.6) is 0 Å². The van der Waals surface area contributed by atoms with Gasteiger partial charge in [0.2, 0.25) is 0 Å². The minimum atomic E-state index is -0.534. The predicted octanol–water partition coefficient (Wildman–Crippen LogP) is 5.83. The molecule has 6 nitrogen and oxygen atoms in total. The molecule has 4 heterocycles. The van der Waals surface area contributed by atoms with Gasteiger partial charge in [-0.2, -0.15) is 0 Å². The molecule has 1 fully saturated rings. The van der Waals surface area contributed by atoms with Gasteiger partial charge in [0.05, 0.1) is 35.3 Å². The molecule has 0 aliphatic carbocycles. The monoisotopic (exact) mass is 499 g/mol. The molecular formula is C29H30ClN5O. The van der Waals surface area contributed by atoms with E-state index in [1.807, 2.05) is 23.2 Å². The van der Waals surface area contributed by atoms with Crippen LogP contribution in [0.15, 0.2) is 60.9 Å². The number of hydrogen-bond donors (Lipinski definition) is 2. The summed E-state index contributed by atoms with van der Waals surface area (Å²) in [4.78, 5) is 26.0. The standard InChI is InChI=1S/C29H30ClN5O/c1-4-18-6-5-7-25-23(18)14-26(33-25)27-17-31-10-11-34(27)20-13-21(16-32-15-20)35-28(36)22-9-8-19(30)12-24(22)29(35,2)3/h5-9,12-16,27,31,33H,4,10-11,17H2,1-3H3. The van der Waals surface area contributed by atoms with Crippen LogP contribution in [-0.4, -0.2) is 35.5 Å². The highest BCUT2D eigenvalue weighted by Gasteiger charge is 2.44. The van der Waals surface area contributed by atoms with E-state index in [4.69, 9.17) is 11.6 Å². The zero-order valence-electron chi connectivity index (χ0n) is 20.8. The van der Waals surface area contributed by atoms with Crippen LogP contribution >= 0.6 is 11.6 Å². The normalized spacial score (nSPS) is 19.2. The lowest BCUT2D eigenvalue weighted by Crippen LogP contribution is -2.46. The van der Waals surface area contributed by atoms with E-state index in [1.165, 1.54) is 22.2 Å². The van der Waals surface area contributed by atoms with Crippen LogP contribution in [0.3, 0.4) is 0 Å². The Morgan fingerprint density at radius 3 is 2.78 bits per heavy atom. The molecule has 2 aliphatic rings. The van der Waals surface area contributed by atoms with Gasteiger partial charge in [0.1, 0.15) is 0 Å². The number of amides is 1. The minimum absolute atomic E-state index is 0.0230. The Balaban J connectivity index is 1.38. The van der Waals surface area contributed by atoms with E-state index in [1.54, 1.807) is 12.3 Å². The van der Waals surface area contributed by atoms with Gasteiger partial charge in [0.15, 0.2) is 0 Å². The zero-order valence-corrected chi connectivity index (χ0v) is 21.6. The molecule has 184 valence electrons. The molecule has 2 N–H and O–H groups in total. The molecule has 2 aromatic carbocycles. The van der Waals surface area contributed by atoms with Gasteiger partial charge in [-0.3, -0.25) is 14.7 Å². The summed E-state index contributed by atoms with van der Waals surface area (Å²) in [6.45, 7) is 8.88. The van der Waals surface area contributed by atoms with Crippen molar-refractivity contribution in [3.8, 4) is 0 Å². The van der Waals surface area contributed by atoms with Crippen molar-refractivity contribution in [2.24, 2.45) is 0 Å². The fourth-order valence-electron chi connectivity index (χ4n) is 5.86. The number of benzene rings is 2. The summed E-state index contributed by atoms with van der Waals surface area (Å²) in [5.41, 5.74) is 6.60. The third kappa shape index (κ3) is 3.59. The van der Waals surface area contributed by atoms with Crippen LogP contribution in [0.4, 0.5) is 11.4 Å². The summed E-state index contributed by atoms with van der Waals surface area (Å²) in [5.74, 6) is -0.0230. The minimum Gasteiger partial charge on any atom is -0.359 e. The quantitative estimate of drug-likeness (QED) is 0.371. The lowest BCUT2D eigenvalue weighted by molar-refractivity contribution is 0.0982. The number of fused-ring (bicyclic) bond motifs is 2. The number of nitrogens with zero attached hydrogens (tertiary/aromatic N) is 3. The molecule has 1 saturated heterocycles. The number of carbonyl (C=O) groups excluding carboxylic acids is 1. The highest BCUT2D eigenvalue weighted by molar-refractivity contribution is 6.31. The molecule has 1 unspecified atom stereocenters. The molecule has 0 saturated carbocycles. The highest BCUT2D eigenvalue weighted by atomic mass is 35.5. The second kappa shape index (κ2) is 8.64. The van der Waals surface area contributed by atoms with Crippen molar-refractivity contribution < 1.29 is 4.79 Å². The Kier molecular flexibility index (Phi) is 5.54. The second-order valence-electron chi connectivity index (χ2n) is 10.2. The predicted molar refractivity (Wildman–Crippen MR) is 146 cm³/mol. The maximum atomic E-state index is 13.5. The molecule has 7 heteroatoms. The summed E-state index contributed by atoms with van der Waals surface area (Å²) in [6.07, 6.45) is 4.68. The number of aromatic nitrogens is 2. The van der Waals surface area contributed by atoms with Gasteiger partial charge in [-0.05, 0) is 67.8 Å². The molecule has 1 atom stereocenters. The van der Waals surface area contributed by atoms with E-state index >= 15 is 0 Å². The van der Waals surface area contributed by atoms with Crippen molar-refractivity contribution in [2.45, 2.75) is 38.8 Å². The number of hydrogen-bond acceptors (Lipinski definition) is 4. The van der Waals surface area contributed by atoms with Gasteiger partial charge in [0.25, 0.3) is 5.91 Å². The number of anilines is 2. The third-order valence-corrected chi connectivity index (χ3v) is 7.93. The van der Waals surface area contributed by atoms with Gasteiger partial charge < -0.3 is 15.2 Å². The lowest BCUT2D eigenvalue weighted by Gasteiger charge is -2.38. The molecule has 6 rings (SSSR count). The summed E-state index contributed by atoms with van der Waals surface area (Å²) in [6, 6.07) is 16.5. The van der Waals surface area contributed by atoms with E-state index in [0.717, 1.165) is 43.0 Å². The first-order valence-corrected chi connectivity index (χ1v) is 12.9. The Bertz CT molecular complexity index is 1480. The van der Waals surface area contributed by atoms with E-state index in [0.29, 0.717) is 10.6 Å². The number of aryl methyl sites for hydroxylation is 1. The fraction of sp³-hybridized carbons (Fsp3) is 0.310. The number of carbonyl (C=O) groups is 1. The lowest BCUT2D eigenvalue weighted by atomic mass is 9.93. The summed E-state index contributed by atoms with van der Waals surface area (Å²) >= 11 is 6.28. The fourth-order valence-corrected chi connectivity index (χ4v) is 6.03. The molecule has 0 spiro atoms. The van der Waals surface area contributed by atoms with Crippen molar-refractivity contribution in [3.05, 3.63) is 88.3 Å². The summed E-state index contributed by atoms with van der Waals surface area (Å²) in [5, 5.41) is 5.48. The Morgan fingerprint density at radius 1 is 1.11 bits per heavy atom. The first kappa shape index (κ1) is 23.1. The smallest absolute Gasteiger partial charge is 0.259 e. The Morgan fingerprint density at radius 2 is 1.94 bits per heavy atom. The van der Waals surface area contributed by atoms with Gasteiger partial charge >= 0.3 is 0 Å². The van der Waals surface area contributed by atoms with Crippen LogP contribution in [0.2, 0.25) is 5.02 Å². The van der Waals surface area contributed by atoms with E-state index in [9.17, 15) is 4.79 Å². The van der Waals surface area contributed by atoms with E-state index in [-0.39, 0.29) is 11.9 Å². The molecule has 36 heavy (non-hydrogen) atoms. The number of aromatic amines is 1. The van der Waals surface area contributed by atoms with Crippen molar-refractivity contribution in [1.82, 2.24) is 15.3 Å². The Hall–Kier alpha value is -3.35. The van der Waals surface area contributed by atoms with Gasteiger partial charge in [-0.25, -0.2) is 0 Å². The van der Waals surface area contributed by atoms with Crippen LogP contribution in [0.1, 0.15) is 54.0 Å². The number of H-pyrrole nitrogens is 1. The molecule has 2 aliphatic heterocycles. The SMILES string of the molecule is CCc1cccc2[nH]c(C3CNCCN3c3cncc(N4C(=O)c5ccc(Cl)cc5C4(C)C)c3)cc12. The largest absolute Gasteiger partial charge is 0.359 e. The molecule has 0 radical (unpaired) electrons.